The first-order valence-corrected chi connectivity index (χ1v) is 13.1. The van der Waals surface area contributed by atoms with Gasteiger partial charge in [-0.05, 0) is 48.3 Å². The van der Waals surface area contributed by atoms with Crippen LogP contribution in [0.25, 0.3) is 52.1 Å². The zero-order valence-electron chi connectivity index (χ0n) is 23.3. The Balaban J connectivity index is 0.00000353. The van der Waals surface area contributed by atoms with Gasteiger partial charge in [-0.2, -0.15) is 0 Å². The second kappa shape index (κ2) is 12.5. The number of rotatable bonds is 7. The molecule has 206 valence electrons. The van der Waals surface area contributed by atoms with Gasteiger partial charge in [-0.1, -0.05) is 30.3 Å². The van der Waals surface area contributed by atoms with E-state index in [2.05, 4.69) is 4.98 Å². The summed E-state index contributed by atoms with van der Waals surface area (Å²) in [6, 6.07) is 9.59. The van der Waals surface area contributed by atoms with Crippen molar-refractivity contribution in [3.8, 4) is 5.69 Å². The van der Waals surface area contributed by atoms with E-state index >= 15 is 0 Å². The molecule has 0 aliphatic carbocycles. The van der Waals surface area contributed by atoms with Crippen LogP contribution in [0.2, 0.25) is 0 Å². The van der Waals surface area contributed by atoms with E-state index in [-0.39, 0.29) is 44.3 Å². The number of nitrogens with zero attached hydrogens (tertiary/aromatic N) is 6. The molecule has 0 aromatic carbocycles. The Morgan fingerprint density at radius 2 is 1.40 bits per heavy atom. The zero-order valence-corrected chi connectivity index (χ0v) is 26.2. The molecule has 2 aliphatic heterocycles. The molecule has 0 radical (unpaired) electrons. The molecule has 10 nitrogen and oxygen atoms in total. The van der Waals surface area contributed by atoms with Gasteiger partial charge in [-0.3, -0.25) is 9.59 Å². The van der Waals surface area contributed by atoms with Crippen molar-refractivity contribution >= 4 is 58.3 Å². The Hall–Kier alpha value is -4.63. The number of fused-ring (bicyclic) bond motifs is 8. The van der Waals surface area contributed by atoms with Gasteiger partial charge >= 0.3 is 31.4 Å². The topological polar surface area (TPSA) is 124 Å². The molecule has 6 rings (SSSR count). The van der Waals surface area contributed by atoms with Crippen LogP contribution in [0.3, 0.4) is 0 Å². The van der Waals surface area contributed by atoms with Crippen LogP contribution in [0, 0.1) is 0 Å². The molecular formula is C31H26N6O4Zn. The second-order valence-corrected chi connectivity index (χ2v) is 9.51. The average molecular weight is 612 g/mol. The van der Waals surface area contributed by atoms with E-state index in [9.17, 15) is 9.59 Å². The number of carbonyl (C=O) groups is 2. The summed E-state index contributed by atoms with van der Waals surface area (Å²) >= 11 is 0. The smallest absolute Gasteiger partial charge is 0.657 e. The predicted octanol–water partition coefficient (Wildman–Crippen LogP) is 4.31. The summed E-state index contributed by atoms with van der Waals surface area (Å²) in [6.45, 7) is 0. The minimum Gasteiger partial charge on any atom is -0.657 e. The molecule has 0 amide bonds. The maximum Gasteiger partial charge on any atom is 2.00 e. The minimum absolute atomic E-state index is 0. The first-order valence-electron chi connectivity index (χ1n) is 13.1. The molecule has 0 saturated carbocycles. The van der Waals surface area contributed by atoms with Crippen LogP contribution in [0.4, 0.5) is 0 Å². The van der Waals surface area contributed by atoms with Crippen molar-refractivity contribution in [2.45, 2.75) is 25.7 Å². The number of hydrogen-bond donors (Lipinski definition) is 0. The van der Waals surface area contributed by atoms with Crippen LogP contribution in [-0.4, -0.2) is 45.7 Å². The van der Waals surface area contributed by atoms with Crippen molar-refractivity contribution in [2.75, 3.05) is 14.2 Å². The minimum atomic E-state index is -0.304. The number of aromatic nitrogens is 6. The first kappa shape index (κ1) is 28.9. The van der Waals surface area contributed by atoms with Crippen LogP contribution in [-0.2, 0) is 51.4 Å². The summed E-state index contributed by atoms with van der Waals surface area (Å²) in [4.78, 5) is 48.0. The van der Waals surface area contributed by atoms with Gasteiger partial charge in [-0.25, -0.2) is 15.0 Å². The van der Waals surface area contributed by atoms with Gasteiger partial charge in [0.25, 0.3) is 0 Å². The largest absolute Gasteiger partial charge is 2.00 e. The van der Waals surface area contributed by atoms with E-state index < -0.39 is 0 Å². The van der Waals surface area contributed by atoms with E-state index in [4.69, 9.17) is 29.4 Å². The van der Waals surface area contributed by atoms with Crippen molar-refractivity contribution in [1.82, 2.24) is 29.5 Å². The molecule has 0 atom stereocenters. The zero-order chi connectivity index (χ0) is 28.3. The normalized spacial score (nSPS) is 11.8. The summed E-state index contributed by atoms with van der Waals surface area (Å²) < 4.78 is 11.7. The molecule has 0 unspecified atom stereocenters. The summed E-state index contributed by atoms with van der Waals surface area (Å²) in [5.41, 5.74) is 8.14. The van der Waals surface area contributed by atoms with Gasteiger partial charge in [0, 0.05) is 25.2 Å². The summed E-state index contributed by atoms with van der Waals surface area (Å²) in [6.07, 6.45) is 14.2. The van der Waals surface area contributed by atoms with Crippen LogP contribution >= 0.6 is 0 Å². The molecule has 42 heavy (non-hydrogen) atoms. The fraction of sp³-hybridized carbons (Fsp3) is 0.194. The van der Waals surface area contributed by atoms with Crippen LogP contribution in [0.15, 0.2) is 49.1 Å². The second-order valence-electron chi connectivity index (χ2n) is 9.51. The molecule has 11 heteroatoms. The summed E-state index contributed by atoms with van der Waals surface area (Å²) in [5.74, 6) is -0.608. The third kappa shape index (κ3) is 5.87. The SMILES string of the molecule is COC(=O)CCc1c2nc(c(-n3ccnc3)c3ccc([n-]3)c(CCC(=O)OC)c3nc(cc4ccc1[n-]4)C=C3)C=C2.[Zn+2]. The number of methoxy groups -OCH3 is 2. The first-order chi connectivity index (χ1) is 20.0. The number of aryl methyl sites for hydroxylation is 2. The maximum atomic E-state index is 12.0. The monoisotopic (exact) mass is 610 g/mol. The maximum absolute atomic E-state index is 12.0. The number of carbonyl (C=O) groups excluding carboxylic acids is 2. The Morgan fingerprint density at radius 1 is 0.786 bits per heavy atom. The number of imidazole rings is 1. The van der Waals surface area contributed by atoms with E-state index in [0.717, 1.165) is 39.2 Å². The Bertz CT molecular complexity index is 1850. The molecule has 0 saturated heterocycles. The molecule has 2 aliphatic rings. The van der Waals surface area contributed by atoms with Gasteiger partial charge in [0.15, 0.2) is 0 Å². The van der Waals surface area contributed by atoms with Crippen molar-refractivity contribution in [2.24, 2.45) is 0 Å². The van der Waals surface area contributed by atoms with E-state index in [0.29, 0.717) is 35.3 Å². The van der Waals surface area contributed by atoms with Crippen LogP contribution < -0.4 is 9.97 Å². The summed E-state index contributed by atoms with van der Waals surface area (Å²) in [7, 11) is 2.76. The van der Waals surface area contributed by atoms with E-state index in [1.165, 1.54) is 14.2 Å². The van der Waals surface area contributed by atoms with Crippen LogP contribution in [0.1, 0.15) is 46.7 Å². The van der Waals surface area contributed by atoms with Gasteiger partial charge < -0.3 is 24.0 Å². The molecule has 0 N–H and O–H groups in total. The van der Waals surface area contributed by atoms with E-state index in [1.54, 1.807) is 12.5 Å². The fourth-order valence-electron chi connectivity index (χ4n) is 4.95. The molecule has 8 bridgehead atoms. The Morgan fingerprint density at radius 3 is 2.10 bits per heavy atom. The molecular weight excluding hydrogens is 586 g/mol. The Kier molecular flexibility index (Phi) is 8.59. The number of esters is 2. The molecule has 6 heterocycles. The van der Waals surface area contributed by atoms with E-state index in [1.807, 2.05) is 65.4 Å². The van der Waals surface area contributed by atoms with Crippen molar-refractivity contribution in [1.29, 1.82) is 0 Å². The average Bonchev–Trinajstić information content (AvgIpc) is 3.81. The van der Waals surface area contributed by atoms with Crippen molar-refractivity contribution in [3.05, 3.63) is 83.0 Å². The number of ether oxygens (including phenoxy) is 2. The summed E-state index contributed by atoms with van der Waals surface area (Å²) in [5, 5.41) is 0. The molecule has 0 spiro atoms. The quantitative estimate of drug-likeness (QED) is 0.192. The van der Waals surface area contributed by atoms with Gasteiger partial charge in [-0.15, -0.1) is 22.1 Å². The number of hydrogen-bond acceptors (Lipinski definition) is 7. The van der Waals surface area contributed by atoms with Crippen LogP contribution in [0.5, 0.6) is 0 Å². The molecule has 4 aromatic heterocycles. The fourth-order valence-corrected chi connectivity index (χ4v) is 4.95. The van der Waals surface area contributed by atoms with Gasteiger partial charge in [0.05, 0.1) is 49.0 Å². The standard InChI is InChI=1S/C31H26N6O4.Zn/c1-40-29(38)13-5-21-23-7-3-19(33-23)17-20-4-8-24(34-20)22(6-14-30(39)41-2)26-10-12-28(36-26)31(37-16-15-32-18-37)27-11-9-25(21)35-27;/h3-4,7-12,15-18H,5-6,13-14H2,1-2H3;/q-2;+2. The Labute approximate surface area is 254 Å². The van der Waals surface area contributed by atoms with Gasteiger partial charge in [0.2, 0.25) is 0 Å². The predicted molar refractivity (Wildman–Crippen MR) is 155 cm³/mol. The third-order valence-corrected chi connectivity index (χ3v) is 7.00. The van der Waals surface area contributed by atoms with Gasteiger partial charge in [0.1, 0.15) is 0 Å². The third-order valence-electron chi connectivity index (χ3n) is 7.00. The van der Waals surface area contributed by atoms with Crippen molar-refractivity contribution < 1.29 is 38.5 Å². The van der Waals surface area contributed by atoms with Crippen molar-refractivity contribution in [3.63, 3.8) is 0 Å². The molecule has 4 aromatic rings. The molecule has 0 fully saturated rings.